The number of hydrogen-bond acceptors (Lipinski definition) is 18. The Balaban J connectivity index is 0.000000195. The molecule has 25 heteroatoms. The minimum absolute atomic E-state index is 0. The standard InChI is InChI=1S/C23H23N5O3S.C16H14BrN3.C14H23BN2O7S2.CH4/c1-15(16-7-5-4-6-8-16)27-22-19-11-17(9-10-20(19)25-14-26-22)18-12-21(28-32(3,29)30)23(31-2)24-13-18;1-11(12-5-3-2-4-6-12)20-16-14-9-13(17)7-8-15(14)18-10-19-16;1-13(2)14(3,4)24-15(23-13)10-8-11(12(22-5)16-9-10)17(25(6,18)19)26(7,20)21;/h4-15,28H,1-3H3,(H,25,26,27);2-11H,1H3,(H,18,19,20);8-9H,1-7H3;1H4. The number of nitrogens with zero attached hydrogens (tertiary/aromatic N) is 7. The van der Waals surface area contributed by atoms with Crippen molar-refractivity contribution in [3.63, 3.8) is 0 Å². The van der Waals surface area contributed by atoms with E-state index in [1.54, 1.807) is 18.6 Å². The highest BCUT2D eigenvalue weighted by Gasteiger charge is 2.52. The van der Waals surface area contributed by atoms with E-state index in [2.05, 4.69) is 99.3 Å². The molecule has 5 heterocycles. The van der Waals surface area contributed by atoms with Gasteiger partial charge < -0.3 is 29.4 Å². The van der Waals surface area contributed by atoms with E-state index < -0.39 is 48.4 Å². The number of pyridine rings is 2. The average Bonchev–Trinajstić information content (AvgIpc) is 3.66. The van der Waals surface area contributed by atoms with Crippen LogP contribution in [0.2, 0.25) is 0 Å². The van der Waals surface area contributed by atoms with Gasteiger partial charge in [0.15, 0.2) is 0 Å². The summed E-state index contributed by atoms with van der Waals surface area (Å²) in [5.74, 6) is 1.61. The first-order valence-corrected chi connectivity index (χ1v) is 30.5. The van der Waals surface area contributed by atoms with Crippen LogP contribution in [0, 0.1) is 0 Å². The van der Waals surface area contributed by atoms with Gasteiger partial charge in [0, 0.05) is 50.7 Å². The van der Waals surface area contributed by atoms with E-state index in [-0.39, 0.29) is 46.4 Å². The van der Waals surface area contributed by atoms with E-state index in [0.717, 1.165) is 67.6 Å². The third-order valence-electron chi connectivity index (χ3n) is 12.6. The maximum absolute atomic E-state index is 12.1. The molecular weight excluding hydrogens is 1140 g/mol. The molecule has 0 radical (unpaired) electrons. The van der Waals surface area contributed by atoms with Gasteiger partial charge in [0.1, 0.15) is 35.7 Å². The average molecular weight is 1200 g/mol. The van der Waals surface area contributed by atoms with Gasteiger partial charge in [-0.3, -0.25) is 4.72 Å². The van der Waals surface area contributed by atoms with Crippen molar-refractivity contribution >= 4 is 103 Å². The highest BCUT2D eigenvalue weighted by Crippen LogP contribution is 2.38. The molecule has 9 rings (SSSR count). The molecule has 0 bridgehead atoms. The Bertz CT molecular complexity index is 3730. The first kappa shape index (κ1) is 61.2. The molecule has 0 saturated carbocycles. The maximum Gasteiger partial charge on any atom is 0.496 e. The Morgan fingerprint density at radius 3 is 1.56 bits per heavy atom. The predicted molar refractivity (Wildman–Crippen MR) is 317 cm³/mol. The van der Waals surface area contributed by atoms with Crippen molar-refractivity contribution in [3.8, 4) is 22.9 Å². The molecule has 1 aliphatic heterocycles. The number of nitrogens with one attached hydrogen (secondary N) is 3. The number of aromatic nitrogens is 6. The number of sulfonamides is 3. The molecule has 2 unspecified atom stereocenters. The number of hydrogen-bond donors (Lipinski definition) is 3. The van der Waals surface area contributed by atoms with Gasteiger partial charge in [-0.05, 0) is 101 Å². The van der Waals surface area contributed by atoms with Crippen molar-refractivity contribution in [2.24, 2.45) is 0 Å². The van der Waals surface area contributed by atoms with Crippen LogP contribution >= 0.6 is 15.9 Å². The molecule has 1 aliphatic rings. The highest BCUT2D eigenvalue weighted by atomic mass is 79.9. The third-order valence-corrected chi connectivity index (χ3v) is 16.9. The molecule has 3 N–H and O–H groups in total. The van der Waals surface area contributed by atoms with Gasteiger partial charge in [0.2, 0.25) is 41.8 Å². The van der Waals surface area contributed by atoms with Crippen molar-refractivity contribution in [1.29, 1.82) is 0 Å². The van der Waals surface area contributed by atoms with Crippen molar-refractivity contribution in [1.82, 2.24) is 29.9 Å². The van der Waals surface area contributed by atoms with Crippen LogP contribution < -0.4 is 34.0 Å². The first-order valence-electron chi connectivity index (χ1n) is 24.1. The van der Waals surface area contributed by atoms with Gasteiger partial charge in [-0.2, -0.15) is 3.71 Å². The quantitative estimate of drug-likeness (QED) is 0.0807. The van der Waals surface area contributed by atoms with Gasteiger partial charge >= 0.3 is 7.12 Å². The van der Waals surface area contributed by atoms with E-state index in [1.807, 2.05) is 100 Å². The summed E-state index contributed by atoms with van der Waals surface area (Å²) in [6, 6.07) is 35.5. The lowest BCUT2D eigenvalue weighted by Crippen LogP contribution is -2.41. The topological polar surface area (TPSA) is 256 Å². The zero-order valence-corrected chi connectivity index (χ0v) is 48.8. The summed E-state index contributed by atoms with van der Waals surface area (Å²) < 4.78 is 97.6. The van der Waals surface area contributed by atoms with Crippen molar-refractivity contribution in [2.45, 2.75) is 72.3 Å². The normalized spacial score (nSPS) is 14.5. The lowest BCUT2D eigenvalue weighted by molar-refractivity contribution is 0.00578. The molecule has 0 amide bonds. The molecule has 0 aliphatic carbocycles. The van der Waals surface area contributed by atoms with Crippen molar-refractivity contribution in [2.75, 3.05) is 52.1 Å². The van der Waals surface area contributed by atoms with Gasteiger partial charge in [-0.1, -0.05) is 90.1 Å². The third kappa shape index (κ3) is 15.2. The van der Waals surface area contributed by atoms with Crippen LogP contribution in [0.1, 0.15) is 72.2 Å². The summed E-state index contributed by atoms with van der Waals surface area (Å²) in [6.07, 6.45) is 8.81. The van der Waals surface area contributed by atoms with E-state index >= 15 is 0 Å². The summed E-state index contributed by atoms with van der Waals surface area (Å²) in [7, 11) is -9.92. The molecular formula is C54H64BBrN10O10S3. The van der Waals surface area contributed by atoms with E-state index in [1.165, 1.54) is 38.4 Å². The summed E-state index contributed by atoms with van der Waals surface area (Å²) in [5, 5.41) is 8.79. The number of ether oxygens (including phenoxy) is 2. The summed E-state index contributed by atoms with van der Waals surface area (Å²) in [6.45, 7) is 11.7. The minimum atomic E-state index is -4.15. The molecule has 1 fully saturated rings. The first-order chi connectivity index (χ1) is 36.7. The lowest BCUT2D eigenvalue weighted by atomic mass is 9.80. The molecule has 0 spiro atoms. The Hall–Kier alpha value is -7.03. The second-order valence-corrected chi connectivity index (χ2v) is 25.7. The Morgan fingerprint density at radius 2 is 1.08 bits per heavy atom. The number of benzene rings is 4. The second kappa shape index (κ2) is 25.0. The zero-order chi connectivity index (χ0) is 56.8. The monoisotopic (exact) mass is 1200 g/mol. The van der Waals surface area contributed by atoms with Crippen molar-refractivity contribution in [3.05, 3.63) is 150 Å². The number of anilines is 4. The van der Waals surface area contributed by atoms with Crippen LogP contribution in [0.3, 0.4) is 0 Å². The fraction of sp³-hybridized carbons (Fsp3) is 0.296. The number of halogens is 1. The van der Waals surface area contributed by atoms with Gasteiger partial charge in [0.05, 0.1) is 55.2 Å². The summed E-state index contributed by atoms with van der Waals surface area (Å²) in [5.41, 5.74) is 4.85. The highest BCUT2D eigenvalue weighted by molar-refractivity contribution is 9.10. The van der Waals surface area contributed by atoms with E-state index in [9.17, 15) is 25.3 Å². The maximum atomic E-state index is 12.1. The van der Waals surface area contributed by atoms with E-state index in [4.69, 9.17) is 18.8 Å². The lowest BCUT2D eigenvalue weighted by Gasteiger charge is -2.32. The van der Waals surface area contributed by atoms with Crippen LogP contribution in [0.4, 0.5) is 23.0 Å². The molecule has 4 aromatic carbocycles. The Morgan fingerprint density at radius 1 is 0.595 bits per heavy atom. The van der Waals surface area contributed by atoms with Crippen LogP contribution in [-0.2, 0) is 39.4 Å². The number of fused-ring (bicyclic) bond motifs is 2. The smallest absolute Gasteiger partial charge is 0.480 e. The van der Waals surface area contributed by atoms with Crippen molar-refractivity contribution < 1.29 is 44.0 Å². The number of rotatable bonds is 15. The Labute approximate surface area is 471 Å². The fourth-order valence-electron chi connectivity index (χ4n) is 8.06. The second-order valence-electron chi connectivity index (χ2n) is 19.2. The molecule has 418 valence electrons. The van der Waals surface area contributed by atoms with E-state index in [0.29, 0.717) is 11.3 Å². The van der Waals surface area contributed by atoms with Gasteiger partial charge in [-0.15, -0.1) is 0 Å². The molecule has 4 aromatic heterocycles. The largest absolute Gasteiger partial charge is 0.496 e. The van der Waals surface area contributed by atoms with Gasteiger partial charge in [0.25, 0.3) is 0 Å². The molecule has 20 nitrogen and oxygen atoms in total. The molecule has 1 saturated heterocycles. The molecule has 8 aromatic rings. The molecule has 2 atom stereocenters. The fourth-order valence-corrected chi connectivity index (χ4v) is 11.9. The molecule has 79 heavy (non-hydrogen) atoms. The number of methoxy groups -OCH3 is 2. The minimum Gasteiger partial charge on any atom is -0.480 e. The van der Waals surface area contributed by atoms with Crippen LogP contribution in [0.25, 0.3) is 32.9 Å². The van der Waals surface area contributed by atoms with Crippen LogP contribution in [-0.4, -0.2) is 106 Å². The predicted octanol–water partition coefficient (Wildman–Crippen LogP) is 9.56. The van der Waals surface area contributed by atoms with Crippen LogP contribution in [0.5, 0.6) is 11.8 Å². The summed E-state index contributed by atoms with van der Waals surface area (Å²) in [4.78, 5) is 25.8. The summed E-state index contributed by atoms with van der Waals surface area (Å²) >= 11 is 3.49. The zero-order valence-electron chi connectivity index (χ0n) is 44.7. The SMILES string of the molecule is C.CC(Nc1ncnc2ccc(Br)cc12)c1ccccc1.COc1ncc(-c2ccc3ncnc(NC(C)c4ccccc4)c3c2)cc1NS(C)(=O)=O.COc1ncc(B2OC(C)(C)C(C)(C)O2)cc1N(S(C)(=O)=O)S(C)(=O)=O. The Kier molecular flexibility index (Phi) is 19.3. The van der Waals surface area contributed by atoms with Crippen LogP contribution in [0.15, 0.2) is 139 Å². The van der Waals surface area contributed by atoms with Gasteiger partial charge in [-0.25, -0.2) is 55.2 Å².